The van der Waals surface area contributed by atoms with Crippen molar-refractivity contribution in [3.63, 3.8) is 0 Å². The van der Waals surface area contributed by atoms with E-state index < -0.39 is 89.3 Å². The summed E-state index contributed by atoms with van der Waals surface area (Å²) in [5.41, 5.74) is 4.13. The van der Waals surface area contributed by atoms with Crippen LogP contribution in [0.4, 0.5) is 10.5 Å². The maximum Gasteiger partial charge on any atom is 0.409 e. The van der Waals surface area contributed by atoms with Crippen LogP contribution in [-0.4, -0.2) is 143 Å². The summed E-state index contributed by atoms with van der Waals surface area (Å²) in [6, 6.07) is 11.3. The Morgan fingerprint density at radius 3 is 2.45 bits per heavy atom. The van der Waals surface area contributed by atoms with E-state index >= 15 is 0 Å². The maximum absolute atomic E-state index is 14.4. The molecule has 420 valence electrons. The number of carbonyl (C=O) groups is 7. The molecule has 5 N–H and O–H groups in total. The lowest BCUT2D eigenvalue weighted by Gasteiger charge is -2.41. The number of esters is 1. The van der Waals surface area contributed by atoms with Gasteiger partial charge in [-0.3, -0.25) is 34.7 Å². The molecule has 0 unspecified atom stereocenters. The molecule has 1 aromatic heterocycles. The van der Waals surface area contributed by atoms with E-state index in [9.17, 15) is 43.8 Å². The van der Waals surface area contributed by atoms with Crippen molar-refractivity contribution in [3.05, 3.63) is 82.5 Å². The number of carbonyl (C=O) groups excluding carboxylic acids is 6. The highest BCUT2D eigenvalue weighted by atomic mass is 35.5. The molecule has 21 heteroatoms. The summed E-state index contributed by atoms with van der Waals surface area (Å²) in [5.74, 6) is -4.37. The van der Waals surface area contributed by atoms with E-state index in [-0.39, 0.29) is 68.6 Å². The fourth-order valence-corrected chi connectivity index (χ4v) is 10.4. The number of Topliss-reactive ketones (excluding diaryl/α,β-unsaturated/α-hetero) is 1. The lowest BCUT2D eigenvalue weighted by molar-refractivity contribution is -0.162. The summed E-state index contributed by atoms with van der Waals surface area (Å²) in [4.78, 5) is 96.2. The highest BCUT2D eigenvalue weighted by Crippen LogP contribution is 2.49. The smallest absolute Gasteiger partial charge is 0.409 e. The van der Waals surface area contributed by atoms with Gasteiger partial charge in [0.15, 0.2) is 5.78 Å². The molecule has 6 rings (SSSR count). The van der Waals surface area contributed by atoms with Crippen molar-refractivity contribution in [1.82, 2.24) is 30.5 Å². The first-order valence-electron chi connectivity index (χ1n) is 26.2. The number of hydrogen-bond donors (Lipinski definition) is 5. The molecular weight excluding hydrogens is 1010 g/mol. The zero-order valence-electron chi connectivity index (χ0n) is 45.9. The molecule has 4 amide bonds. The predicted molar refractivity (Wildman–Crippen MR) is 289 cm³/mol. The molecule has 20 nitrogen and oxygen atoms in total. The van der Waals surface area contributed by atoms with Crippen LogP contribution >= 0.6 is 11.6 Å². The Bertz CT molecular complexity index is 2750. The van der Waals surface area contributed by atoms with E-state index in [1.807, 2.05) is 62.4 Å². The van der Waals surface area contributed by atoms with Gasteiger partial charge in [-0.1, -0.05) is 67.4 Å². The third-order valence-corrected chi connectivity index (χ3v) is 15.7. The first-order chi connectivity index (χ1) is 36.4. The number of para-hydroxylation sites is 1. The fourth-order valence-electron chi connectivity index (χ4n) is 10.1. The number of hydrazine groups is 1. The molecule has 0 aliphatic carbocycles. The van der Waals surface area contributed by atoms with Crippen LogP contribution in [0.15, 0.2) is 66.3 Å². The summed E-state index contributed by atoms with van der Waals surface area (Å²) in [6.45, 7) is 9.59. The minimum absolute atomic E-state index is 0.00442. The minimum atomic E-state index is -1.68. The number of halogens is 1. The number of rotatable bonds is 20. The van der Waals surface area contributed by atoms with Crippen molar-refractivity contribution < 1.29 is 62.7 Å². The summed E-state index contributed by atoms with van der Waals surface area (Å²) in [6.07, 6.45) is 2.00. The van der Waals surface area contributed by atoms with Crippen LogP contribution in [0.5, 0.6) is 5.75 Å². The van der Waals surface area contributed by atoms with Gasteiger partial charge in [-0.2, -0.15) is 0 Å². The third kappa shape index (κ3) is 14.8. The highest BCUT2D eigenvalue weighted by Gasteiger charge is 2.64. The Labute approximate surface area is 455 Å². The number of benzene rings is 2. The van der Waals surface area contributed by atoms with E-state index in [0.29, 0.717) is 30.9 Å². The number of methoxy groups -OCH3 is 1. The third-order valence-electron chi connectivity index (χ3n) is 15.3. The van der Waals surface area contributed by atoms with E-state index in [1.165, 1.54) is 30.9 Å². The molecule has 0 saturated carbocycles. The number of ketones is 1. The zero-order chi connectivity index (χ0) is 56.5. The number of nitrogens with one attached hydrogen (secondary N) is 3. The molecule has 4 heterocycles. The van der Waals surface area contributed by atoms with Crippen LogP contribution in [0.1, 0.15) is 104 Å². The highest BCUT2D eigenvalue weighted by molar-refractivity contribution is 6.35. The second kappa shape index (κ2) is 25.9. The van der Waals surface area contributed by atoms with E-state index in [2.05, 4.69) is 26.7 Å². The summed E-state index contributed by atoms with van der Waals surface area (Å²) < 4.78 is 25.9. The number of amides is 4. The predicted octanol–water partition coefficient (Wildman–Crippen LogP) is 6.23. The van der Waals surface area contributed by atoms with Crippen LogP contribution in [-0.2, 0) is 62.5 Å². The number of aryl methyl sites for hydroxylation is 1. The number of anilines is 1. The average molecular weight is 1090 g/mol. The Kier molecular flexibility index (Phi) is 20.1. The van der Waals surface area contributed by atoms with Crippen LogP contribution < -0.4 is 25.7 Å². The van der Waals surface area contributed by atoms with Crippen LogP contribution in [0.3, 0.4) is 0 Å². The second-order valence-electron chi connectivity index (χ2n) is 20.9. The number of ether oxygens (including phenoxy) is 4. The number of epoxide rings is 1. The monoisotopic (exact) mass is 1090 g/mol. The standard InChI is InChI=1S/C56H76ClN7O13/c1-33-16-15-17-34(2)56(73)31-45(75-54(72)60-56)35(3)52-55(5,77-52)46(30-49(68)63(9)42-27-37(26-33)28-44(74-10)51(42)57)76-53(71)36(4)62(8)48(67)21-14-13-20-43(65)40(22-23-50(69)70)59-47(66)24-25-64-39(32-61(7)58-6)29-38-18-11-12-19-41(38)64/h11-12,15-19,27-29,34-36,40,45-46,52,58,73H,13-14,20-26,30-32H2,1-10H3,(H,59,66)(H,60,72)(H,69,70)/b17-15+,33-16+/t34-,35-,36+,40+,45+,46+,52+,55-,56+/m1/s1. The fraction of sp³-hybridized carbons (Fsp3) is 0.554. The van der Waals surface area contributed by atoms with Crippen LogP contribution in [0.2, 0.25) is 5.02 Å². The minimum Gasteiger partial charge on any atom is -0.495 e. The Hall–Kier alpha value is -6.32. The number of hydrogen-bond acceptors (Lipinski definition) is 14. The molecule has 3 aliphatic rings. The van der Waals surface area contributed by atoms with E-state index in [0.717, 1.165) is 27.7 Å². The number of aliphatic hydroxyl groups is 1. The van der Waals surface area contributed by atoms with Crippen molar-refractivity contribution in [2.45, 2.75) is 154 Å². The number of aliphatic carboxylic acids is 1. The quantitative estimate of drug-likeness (QED) is 0.0364. The van der Waals surface area contributed by atoms with Crippen molar-refractivity contribution in [3.8, 4) is 5.75 Å². The summed E-state index contributed by atoms with van der Waals surface area (Å²) in [5, 5.41) is 29.7. The molecule has 4 bridgehead atoms. The van der Waals surface area contributed by atoms with Gasteiger partial charge in [-0.05, 0) is 88.7 Å². The molecule has 2 fully saturated rings. The molecule has 77 heavy (non-hydrogen) atoms. The van der Waals surface area contributed by atoms with Gasteiger partial charge in [-0.25, -0.2) is 14.6 Å². The molecule has 2 saturated heterocycles. The number of carboxylic acids is 1. The Morgan fingerprint density at radius 1 is 1.04 bits per heavy atom. The SMILES string of the molecule is CNN(C)Cc1cc2ccccc2n1CCC(=O)N[C@@H](CCC(=O)O)C(=O)CCCCC(=O)N(C)[C@@H](C)C(=O)O[C@H]1CC(=O)N(C)c2cc(cc(OC)c2Cl)C/C(C)=C/C=C/[C@@H](C)[C@@]2(O)C[C@H](OC(=O)N2)[C@@H](C)[C@@H]2O[C@]12C. The van der Waals surface area contributed by atoms with Gasteiger partial charge in [0.05, 0.1) is 37.9 Å². The largest absolute Gasteiger partial charge is 0.495 e. The lowest BCUT2D eigenvalue weighted by Crippen LogP contribution is -2.60. The molecule has 0 radical (unpaired) electrons. The Balaban J connectivity index is 1.11. The number of alkyl carbamates (subject to hydrolysis) is 1. The summed E-state index contributed by atoms with van der Waals surface area (Å²) in [7, 11) is 8.19. The molecule has 0 spiro atoms. The first kappa shape index (κ1) is 59.9. The van der Waals surface area contributed by atoms with Gasteiger partial charge in [0, 0.05) is 82.8 Å². The second-order valence-corrected chi connectivity index (χ2v) is 21.3. The molecule has 2 aromatic carbocycles. The van der Waals surface area contributed by atoms with Crippen molar-refractivity contribution >= 4 is 69.7 Å². The van der Waals surface area contributed by atoms with Gasteiger partial charge >= 0.3 is 18.0 Å². The first-order valence-corrected chi connectivity index (χ1v) is 26.6. The maximum atomic E-state index is 14.4. The molecule has 9 atom stereocenters. The normalized spacial score (nSPS) is 25.5. The van der Waals surface area contributed by atoms with E-state index in [1.54, 1.807) is 46.0 Å². The van der Waals surface area contributed by atoms with Gasteiger partial charge < -0.3 is 48.8 Å². The molecular formula is C56H76ClN7O13. The van der Waals surface area contributed by atoms with Crippen molar-refractivity contribution in [2.24, 2.45) is 11.8 Å². The van der Waals surface area contributed by atoms with Gasteiger partial charge in [-0.15, -0.1) is 0 Å². The Morgan fingerprint density at radius 2 is 1.75 bits per heavy atom. The van der Waals surface area contributed by atoms with Crippen LogP contribution in [0.25, 0.3) is 10.9 Å². The average Bonchev–Trinajstić information content (AvgIpc) is 3.98. The van der Waals surface area contributed by atoms with Crippen LogP contribution in [0, 0.1) is 11.8 Å². The molecule has 3 aromatic rings. The van der Waals surface area contributed by atoms with Crippen molar-refractivity contribution in [1.29, 1.82) is 0 Å². The van der Waals surface area contributed by atoms with E-state index in [4.69, 9.17) is 30.5 Å². The number of likely N-dealkylation sites (N-methyl/N-ethyl adjacent to an activating group) is 1. The molecule has 3 aliphatic heterocycles. The topological polar surface area (TPSA) is 251 Å². The number of allylic oxidation sites excluding steroid dienone is 3. The van der Waals surface area contributed by atoms with Crippen molar-refractivity contribution in [2.75, 3.05) is 40.2 Å². The van der Waals surface area contributed by atoms with Gasteiger partial charge in [0.25, 0.3) is 0 Å². The van der Waals surface area contributed by atoms with Gasteiger partial charge in [0.2, 0.25) is 17.7 Å². The number of aromatic nitrogens is 1. The summed E-state index contributed by atoms with van der Waals surface area (Å²) >= 11 is 6.83. The van der Waals surface area contributed by atoms with Gasteiger partial charge in [0.1, 0.15) is 40.3 Å². The zero-order valence-corrected chi connectivity index (χ0v) is 46.6. The number of carboxylic acid groups (broad SMARTS) is 1. The number of fused-ring (bicyclic) bond motifs is 6. The number of unbranched alkanes of at least 4 members (excludes halogenated alkanes) is 1. The number of nitrogens with zero attached hydrogens (tertiary/aromatic N) is 4. The lowest BCUT2D eigenvalue weighted by atomic mass is 9.82.